The van der Waals surface area contributed by atoms with Gasteiger partial charge in [-0.15, -0.1) is 0 Å². The van der Waals surface area contributed by atoms with Gasteiger partial charge in [0, 0.05) is 37.1 Å². The van der Waals surface area contributed by atoms with Crippen LogP contribution >= 0.6 is 0 Å². The van der Waals surface area contributed by atoms with Gasteiger partial charge in [-0.3, -0.25) is 15.2 Å². The van der Waals surface area contributed by atoms with E-state index < -0.39 is 52.7 Å². The number of nitrogens with zero attached hydrogens (tertiary/aromatic N) is 2. The first-order chi connectivity index (χ1) is 24.0. The van der Waals surface area contributed by atoms with Crippen molar-refractivity contribution in [3.05, 3.63) is 119 Å². The van der Waals surface area contributed by atoms with Crippen LogP contribution in [0.5, 0.6) is 0 Å². The zero-order valence-corrected chi connectivity index (χ0v) is 28.6. The van der Waals surface area contributed by atoms with Gasteiger partial charge >= 0.3 is 17.9 Å². The maximum Gasteiger partial charge on any atom is 0.340 e. The van der Waals surface area contributed by atoms with Crippen molar-refractivity contribution in [2.24, 2.45) is 11.3 Å². The third-order valence-corrected chi connectivity index (χ3v) is 10.2. The number of fused-ring (bicyclic) bond motifs is 2. The Morgan fingerprint density at radius 3 is 2.18 bits per heavy atom. The minimum absolute atomic E-state index is 0.110. The molecule has 50 heavy (non-hydrogen) atoms. The van der Waals surface area contributed by atoms with Crippen molar-refractivity contribution in [3.63, 3.8) is 0 Å². The van der Waals surface area contributed by atoms with Crippen molar-refractivity contribution in [3.8, 4) is 0 Å². The van der Waals surface area contributed by atoms with Gasteiger partial charge in [-0.2, -0.15) is 0 Å². The molecular formula is C39H42N2O9. The lowest BCUT2D eigenvalue weighted by atomic mass is 9.65. The number of rotatable bonds is 9. The number of esters is 3. The van der Waals surface area contributed by atoms with Gasteiger partial charge in [0.05, 0.1) is 33.8 Å². The summed E-state index contributed by atoms with van der Waals surface area (Å²) >= 11 is 0. The van der Waals surface area contributed by atoms with Crippen LogP contribution in [0, 0.1) is 11.3 Å². The Hall–Kier alpha value is -4.71. The van der Waals surface area contributed by atoms with Crippen LogP contribution in [0.1, 0.15) is 84.5 Å². The van der Waals surface area contributed by atoms with Gasteiger partial charge in [0.2, 0.25) is 0 Å². The van der Waals surface area contributed by atoms with Crippen molar-refractivity contribution in [2.45, 2.75) is 82.9 Å². The van der Waals surface area contributed by atoms with Crippen LogP contribution in [-0.2, 0) is 23.8 Å². The topological polar surface area (TPSA) is 147 Å². The first-order valence-corrected chi connectivity index (χ1v) is 16.8. The molecule has 0 saturated carbocycles. The maximum atomic E-state index is 13.8. The molecule has 1 aliphatic heterocycles. The fourth-order valence-electron chi connectivity index (χ4n) is 7.32. The van der Waals surface area contributed by atoms with E-state index in [0.717, 1.165) is 5.57 Å². The molecule has 0 amide bonds. The lowest BCUT2D eigenvalue weighted by Crippen LogP contribution is -2.53. The second-order valence-electron chi connectivity index (χ2n) is 14.0. The van der Waals surface area contributed by atoms with E-state index in [4.69, 9.17) is 23.8 Å². The van der Waals surface area contributed by atoms with Crippen molar-refractivity contribution >= 4 is 17.9 Å². The van der Waals surface area contributed by atoms with E-state index in [0.29, 0.717) is 24.0 Å². The third kappa shape index (κ3) is 7.26. The first kappa shape index (κ1) is 35.1. The van der Waals surface area contributed by atoms with E-state index in [2.05, 4.69) is 9.97 Å². The lowest BCUT2D eigenvalue weighted by molar-refractivity contribution is -0.303. The summed E-state index contributed by atoms with van der Waals surface area (Å²) in [6.45, 7) is 7.12. The first-order valence-electron chi connectivity index (χ1n) is 16.8. The molecule has 0 spiro atoms. The molecule has 1 saturated heterocycles. The second-order valence-corrected chi connectivity index (χ2v) is 14.0. The summed E-state index contributed by atoms with van der Waals surface area (Å²) in [4.78, 5) is 54.5. The van der Waals surface area contributed by atoms with Gasteiger partial charge in [0.15, 0.2) is 0 Å². The third-order valence-electron chi connectivity index (χ3n) is 10.2. The number of carbonyl (C=O) groups excluding carboxylic acids is 3. The Morgan fingerprint density at radius 1 is 0.920 bits per heavy atom. The zero-order chi connectivity index (χ0) is 35.5. The Kier molecular flexibility index (Phi) is 10.0. The normalized spacial score (nSPS) is 27.7. The maximum absolute atomic E-state index is 13.8. The Morgan fingerprint density at radius 2 is 1.56 bits per heavy atom. The summed E-state index contributed by atoms with van der Waals surface area (Å²) in [7, 11) is 0. The molecule has 11 heteroatoms. The molecule has 1 fully saturated rings. The van der Waals surface area contributed by atoms with Crippen LogP contribution < -0.4 is 0 Å². The van der Waals surface area contributed by atoms with Crippen LogP contribution in [-0.4, -0.2) is 69.3 Å². The highest BCUT2D eigenvalue weighted by molar-refractivity contribution is 5.90. The highest BCUT2D eigenvalue weighted by Crippen LogP contribution is 2.57. The number of hydrogen-bond acceptors (Lipinski definition) is 11. The fourth-order valence-corrected chi connectivity index (χ4v) is 7.32. The van der Waals surface area contributed by atoms with Crippen molar-refractivity contribution in [1.29, 1.82) is 0 Å². The number of pyridine rings is 2. The van der Waals surface area contributed by atoms with E-state index in [1.54, 1.807) is 80.8 Å². The second kappa shape index (κ2) is 14.3. The lowest BCUT2D eigenvalue weighted by Gasteiger charge is -2.46. The Labute approximate surface area is 291 Å². The Balaban J connectivity index is 1.51. The van der Waals surface area contributed by atoms with Crippen molar-refractivity contribution < 1.29 is 43.5 Å². The summed E-state index contributed by atoms with van der Waals surface area (Å²) in [6.07, 6.45) is 9.59. The van der Waals surface area contributed by atoms with E-state index in [1.807, 2.05) is 26.0 Å². The van der Waals surface area contributed by atoms with Crippen LogP contribution in [0.4, 0.5) is 0 Å². The van der Waals surface area contributed by atoms with Crippen LogP contribution in [0.15, 0.2) is 103 Å². The molecule has 3 heterocycles. The van der Waals surface area contributed by atoms with Crippen molar-refractivity contribution in [2.75, 3.05) is 6.61 Å². The number of aromatic nitrogens is 2. The molecule has 1 aromatic carbocycles. The summed E-state index contributed by atoms with van der Waals surface area (Å²) in [5.74, 6) is -2.61. The largest absolute Gasteiger partial charge is 0.461 e. The van der Waals surface area contributed by atoms with Crippen LogP contribution in [0.25, 0.3) is 0 Å². The molecule has 262 valence electrons. The summed E-state index contributed by atoms with van der Waals surface area (Å²) in [5, 5.41) is 10.3. The number of epoxide rings is 1. The molecule has 2 aliphatic carbocycles. The number of hydrogen-bond donors (Lipinski definition) is 1. The fraction of sp³-hybridized carbons (Fsp3) is 0.410. The molecule has 6 atom stereocenters. The molecule has 0 unspecified atom stereocenters. The number of carbonyl (C=O) groups is 3. The quantitative estimate of drug-likeness (QED) is 0.0653. The van der Waals surface area contributed by atoms with E-state index in [-0.39, 0.29) is 36.7 Å². The standard InChI is InChI=1S/C39H42N2O9/c1-25-14-15-31-38(4,49-31)21-30(47-35(43)27-12-8-18-40-22-27)33-29(37(2,3)50-45)16-17-39(33,24-46-34(42)26-10-6-5-7-11-26)32(20-25)48-36(44)28-13-9-19-41-23-28/h5-13,16,18-20,22-23,30-33,45H,14-15,17,21,24H2,1-4H3/t30-,31-,32+,33-,38+,39+/m1/s1. The molecule has 3 aliphatic rings. The van der Waals surface area contributed by atoms with Gasteiger partial charge in [-0.1, -0.05) is 29.8 Å². The highest BCUT2D eigenvalue weighted by Gasteiger charge is 2.62. The van der Waals surface area contributed by atoms with Gasteiger partial charge in [-0.05, 0) is 95.0 Å². The molecule has 2 aromatic heterocycles. The summed E-state index contributed by atoms with van der Waals surface area (Å²) in [5.41, 5.74) is -0.790. The van der Waals surface area contributed by atoms with Gasteiger partial charge in [0.1, 0.15) is 24.4 Å². The molecule has 6 rings (SSSR count). The predicted molar refractivity (Wildman–Crippen MR) is 181 cm³/mol. The molecule has 0 bridgehead atoms. The van der Waals surface area contributed by atoms with E-state index in [9.17, 15) is 19.6 Å². The highest BCUT2D eigenvalue weighted by atomic mass is 17.1. The zero-order valence-electron chi connectivity index (χ0n) is 28.6. The van der Waals surface area contributed by atoms with Gasteiger partial charge in [0.25, 0.3) is 0 Å². The Bertz CT molecular complexity index is 1760. The molecule has 11 nitrogen and oxygen atoms in total. The predicted octanol–water partition coefficient (Wildman–Crippen LogP) is 6.57. The average molecular weight is 683 g/mol. The summed E-state index contributed by atoms with van der Waals surface area (Å²) in [6, 6.07) is 15.1. The smallest absolute Gasteiger partial charge is 0.340 e. The van der Waals surface area contributed by atoms with E-state index in [1.165, 1.54) is 12.4 Å². The minimum atomic E-state index is -1.28. The van der Waals surface area contributed by atoms with Crippen LogP contribution in [0.3, 0.4) is 0 Å². The molecule has 0 radical (unpaired) electrons. The number of allylic oxidation sites excluding steroid dienone is 2. The minimum Gasteiger partial charge on any atom is -0.461 e. The van der Waals surface area contributed by atoms with Gasteiger partial charge < -0.3 is 18.9 Å². The number of benzene rings is 1. The average Bonchev–Trinajstić information content (AvgIpc) is 3.60. The monoisotopic (exact) mass is 682 g/mol. The molecular weight excluding hydrogens is 640 g/mol. The molecule has 3 aromatic rings. The summed E-state index contributed by atoms with van der Waals surface area (Å²) < 4.78 is 25.2. The van der Waals surface area contributed by atoms with Gasteiger partial charge in [-0.25, -0.2) is 19.3 Å². The van der Waals surface area contributed by atoms with Crippen LogP contribution in [0.2, 0.25) is 0 Å². The van der Waals surface area contributed by atoms with Crippen molar-refractivity contribution in [1.82, 2.24) is 9.97 Å². The van der Waals surface area contributed by atoms with E-state index >= 15 is 0 Å². The SMILES string of the molecule is CC1=C[C@H](OC(=O)c2cccnc2)[C@@]2(COC(=O)c3ccccc3)CC=C(C(C)(C)OO)[C@@H]2[C@H](OC(=O)c2cccnc2)C[C@]2(C)O[C@@H]2CC1. The number of ether oxygens (including phenoxy) is 4. The molecule has 1 N–H and O–H groups in total.